The predicted molar refractivity (Wildman–Crippen MR) is 98.1 cm³/mol. The first-order valence-corrected chi connectivity index (χ1v) is 8.11. The van der Waals surface area contributed by atoms with Crippen LogP contribution in [0.2, 0.25) is 0 Å². The van der Waals surface area contributed by atoms with E-state index >= 15 is 0 Å². The highest BCUT2D eigenvalue weighted by molar-refractivity contribution is 5.79. The fourth-order valence-corrected chi connectivity index (χ4v) is 1.93. The molecule has 0 unspecified atom stereocenters. The van der Waals surface area contributed by atoms with Crippen molar-refractivity contribution < 1.29 is 9.53 Å². The Hall–Kier alpha value is -2.24. The first kappa shape index (κ1) is 19.8. The van der Waals surface area contributed by atoms with Crippen LogP contribution in [-0.2, 0) is 11.3 Å². The molecule has 0 aliphatic heterocycles. The van der Waals surface area contributed by atoms with Crippen molar-refractivity contribution in [3.8, 4) is 0 Å². The van der Waals surface area contributed by atoms with E-state index in [1.165, 1.54) is 5.56 Å². The summed E-state index contributed by atoms with van der Waals surface area (Å²) >= 11 is 0. The summed E-state index contributed by atoms with van der Waals surface area (Å²) in [5.74, 6) is 0.679. The molecule has 6 nitrogen and oxygen atoms in total. The molecule has 134 valence electrons. The van der Waals surface area contributed by atoms with Crippen molar-refractivity contribution in [1.82, 2.24) is 16.0 Å². The third-order valence-electron chi connectivity index (χ3n) is 3.06. The van der Waals surface area contributed by atoms with Crippen LogP contribution in [0.4, 0.5) is 4.79 Å². The number of hydrogen-bond acceptors (Lipinski definition) is 3. The third kappa shape index (κ3) is 8.41. The lowest BCUT2D eigenvalue weighted by atomic mass is 10.1. The zero-order valence-corrected chi connectivity index (χ0v) is 15.6. The molecule has 6 heteroatoms. The van der Waals surface area contributed by atoms with E-state index in [2.05, 4.69) is 20.9 Å². The van der Waals surface area contributed by atoms with E-state index in [1.54, 1.807) is 7.05 Å². The maximum atomic E-state index is 11.9. The van der Waals surface area contributed by atoms with Gasteiger partial charge in [0.25, 0.3) is 0 Å². The normalized spacial score (nSPS) is 12.5. The topological polar surface area (TPSA) is 74.8 Å². The van der Waals surface area contributed by atoms with Crippen molar-refractivity contribution in [3.63, 3.8) is 0 Å². The minimum atomic E-state index is -0.513. The Balaban J connectivity index is 2.44. The molecule has 0 saturated carbocycles. The van der Waals surface area contributed by atoms with E-state index in [9.17, 15) is 4.79 Å². The molecule has 24 heavy (non-hydrogen) atoms. The Morgan fingerprint density at radius 2 is 1.71 bits per heavy atom. The molecule has 0 heterocycles. The summed E-state index contributed by atoms with van der Waals surface area (Å²) in [6.45, 7) is 10.6. The lowest BCUT2D eigenvalue weighted by Gasteiger charge is -2.29. The van der Waals surface area contributed by atoms with Crippen molar-refractivity contribution in [3.05, 3.63) is 35.9 Å². The van der Waals surface area contributed by atoms with Gasteiger partial charge in [0.15, 0.2) is 5.96 Å². The number of hydrogen-bond donors (Lipinski definition) is 3. The molecule has 0 aliphatic rings. The van der Waals surface area contributed by atoms with Gasteiger partial charge in [0.1, 0.15) is 5.60 Å². The first-order valence-electron chi connectivity index (χ1n) is 8.11. The van der Waals surface area contributed by atoms with Crippen molar-refractivity contribution in [2.24, 2.45) is 4.99 Å². The van der Waals surface area contributed by atoms with Crippen molar-refractivity contribution in [2.75, 3.05) is 13.6 Å². The van der Waals surface area contributed by atoms with Gasteiger partial charge in [0, 0.05) is 20.1 Å². The molecule has 3 N–H and O–H groups in total. The molecule has 0 atom stereocenters. The number of benzene rings is 1. The highest BCUT2D eigenvalue weighted by atomic mass is 16.6. The number of carbonyl (C=O) groups is 1. The van der Waals surface area contributed by atoms with Crippen molar-refractivity contribution in [1.29, 1.82) is 0 Å². The summed E-state index contributed by atoms with van der Waals surface area (Å²) in [7, 11) is 1.72. The molecule has 0 bridgehead atoms. The monoisotopic (exact) mass is 334 g/mol. The number of aliphatic imine (C=N–C) groups is 1. The van der Waals surface area contributed by atoms with Crippen molar-refractivity contribution in [2.45, 2.75) is 52.3 Å². The minimum absolute atomic E-state index is 0.429. The molecular weight excluding hydrogens is 304 g/mol. The lowest BCUT2D eigenvalue weighted by molar-refractivity contribution is 0.0474. The molecule has 1 aromatic rings. The molecule has 0 aromatic heterocycles. The van der Waals surface area contributed by atoms with Crippen LogP contribution in [0.15, 0.2) is 35.3 Å². The number of rotatable bonds is 5. The Morgan fingerprint density at radius 3 is 2.25 bits per heavy atom. The van der Waals surface area contributed by atoms with Crippen LogP contribution in [0.25, 0.3) is 0 Å². The third-order valence-corrected chi connectivity index (χ3v) is 3.06. The summed E-state index contributed by atoms with van der Waals surface area (Å²) in [5.41, 5.74) is 0.180. The maximum Gasteiger partial charge on any atom is 0.408 e. The molecule has 0 spiro atoms. The second-order valence-corrected chi connectivity index (χ2v) is 7.28. The fourth-order valence-electron chi connectivity index (χ4n) is 1.93. The smallest absolute Gasteiger partial charge is 0.408 e. The molecule has 1 aromatic carbocycles. The van der Waals surface area contributed by atoms with E-state index in [4.69, 9.17) is 4.74 Å². The summed E-state index contributed by atoms with van der Waals surface area (Å²) in [5, 5.41) is 9.32. The second kappa shape index (κ2) is 8.57. The van der Waals surface area contributed by atoms with Gasteiger partial charge < -0.3 is 20.7 Å². The molecule has 0 radical (unpaired) electrons. The van der Waals surface area contributed by atoms with E-state index in [0.717, 1.165) is 0 Å². The standard InChI is InChI=1S/C18H30N4O2/c1-17(2,3)24-16(23)22-18(4,5)13-21-15(19-6)20-12-14-10-8-7-9-11-14/h7-11H,12-13H2,1-6H3,(H,22,23)(H2,19,20,21). The molecule has 0 aliphatic carbocycles. The lowest BCUT2D eigenvalue weighted by Crippen LogP contribution is -2.54. The van der Waals surface area contributed by atoms with E-state index in [0.29, 0.717) is 19.0 Å². The summed E-state index contributed by atoms with van der Waals surface area (Å²) in [6, 6.07) is 10.1. The van der Waals surface area contributed by atoms with Crippen LogP contribution in [0.1, 0.15) is 40.2 Å². The largest absolute Gasteiger partial charge is 0.444 e. The highest BCUT2D eigenvalue weighted by Gasteiger charge is 2.24. The van der Waals surface area contributed by atoms with Gasteiger partial charge in [-0.3, -0.25) is 4.99 Å². The molecule has 1 rings (SSSR count). The van der Waals surface area contributed by atoms with Crippen LogP contribution in [-0.4, -0.2) is 36.8 Å². The van der Waals surface area contributed by atoms with Gasteiger partial charge in [-0.1, -0.05) is 30.3 Å². The number of amides is 1. The van der Waals surface area contributed by atoms with Gasteiger partial charge in [-0.05, 0) is 40.2 Å². The van der Waals surface area contributed by atoms with Crippen molar-refractivity contribution >= 4 is 12.1 Å². The molecular formula is C18H30N4O2. The summed E-state index contributed by atoms with van der Waals surface area (Å²) in [6.07, 6.45) is -0.429. The van der Waals surface area contributed by atoms with E-state index in [1.807, 2.05) is 65.0 Å². The van der Waals surface area contributed by atoms with Gasteiger partial charge in [0.2, 0.25) is 0 Å². The maximum absolute atomic E-state index is 11.9. The van der Waals surface area contributed by atoms with Crippen LogP contribution >= 0.6 is 0 Å². The minimum Gasteiger partial charge on any atom is -0.444 e. The average molecular weight is 334 g/mol. The number of carbonyl (C=O) groups excluding carboxylic acids is 1. The number of alkyl carbamates (subject to hydrolysis) is 1. The quantitative estimate of drug-likeness (QED) is 0.572. The van der Waals surface area contributed by atoms with Crippen LogP contribution in [0.3, 0.4) is 0 Å². The summed E-state index contributed by atoms with van der Waals surface area (Å²) < 4.78 is 5.29. The van der Waals surface area contributed by atoms with Gasteiger partial charge >= 0.3 is 6.09 Å². The first-order chi connectivity index (χ1) is 11.1. The summed E-state index contributed by atoms with van der Waals surface area (Å²) in [4.78, 5) is 16.1. The second-order valence-electron chi connectivity index (χ2n) is 7.28. The molecule has 1 amide bonds. The number of nitrogens with one attached hydrogen (secondary N) is 3. The zero-order valence-electron chi connectivity index (χ0n) is 15.6. The Bertz CT molecular complexity index is 548. The fraction of sp³-hybridized carbons (Fsp3) is 0.556. The van der Waals surface area contributed by atoms with Crippen LogP contribution < -0.4 is 16.0 Å². The van der Waals surface area contributed by atoms with Gasteiger partial charge in [0.05, 0.1) is 5.54 Å². The van der Waals surface area contributed by atoms with Crippen LogP contribution in [0, 0.1) is 0 Å². The Kier molecular flexibility index (Phi) is 7.07. The number of ether oxygens (including phenoxy) is 1. The van der Waals surface area contributed by atoms with E-state index in [-0.39, 0.29) is 0 Å². The zero-order chi connectivity index (χ0) is 18.2. The molecule has 0 saturated heterocycles. The predicted octanol–water partition coefficient (Wildman–Crippen LogP) is 2.65. The number of nitrogens with zero attached hydrogens (tertiary/aromatic N) is 1. The van der Waals surface area contributed by atoms with Gasteiger partial charge in [-0.2, -0.15) is 0 Å². The SMILES string of the molecule is CN=C(NCc1ccccc1)NCC(C)(C)NC(=O)OC(C)(C)C. The Morgan fingerprint density at radius 1 is 1.08 bits per heavy atom. The highest BCUT2D eigenvalue weighted by Crippen LogP contribution is 2.09. The van der Waals surface area contributed by atoms with Crippen LogP contribution in [0.5, 0.6) is 0 Å². The number of guanidine groups is 1. The van der Waals surface area contributed by atoms with E-state index < -0.39 is 17.2 Å². The van der Waals surface area contributed by atoms with Gasteiger partial charge in [-0.25, -0.2) is 4.79 Å². The van der Waals surface area contributed by atoms with Gasteiger partial charge in [-0.15, -0.1) is 0 Å². The molecule has 0 fully saturated rings. The Labute approximate surface area is 145 Å². The average Bonchev–Trinajstić information content (AvgIpc) is 2.45.